The van der Waals surface area contributed by atoms with E-state index in [1.807, 2.05) is 42.8 Å². The van der Waals surface area contributed by atoms with E-state index in [1.165, 1.54) is 61.3 Å². The number of rotatable bonds is 53. The maximum Gasteiger partial charge on any atom is 0.291 e. The van der Waals surface area contributed by atoms with Crippen LogP contribution >= 0.6 is 22.9 Å². The Labute approximate surface area is 764 Å². The van der Waals surface area contributed by atoms with E-state index in [1.54, 1.807) is 106 Å². The first-order valence-electron chi connectivity index (χ1n) is 42.4. The maximum absolute atomic E-state index is 13.6. The molecule has 0 saturated heterocycles. The number of benzene rings is 2. The number of nitrogens with zero attached hydrogens (tertiary/aromatic N) is 14. The second-order valence-corrected chi connectivity index (χ2v) is 32.1. The standard InChI is InChI=1S/C87H111ClN24O18S/c1-55-56(2)131-87-75(55)76(58-13-15-59(88)16-14-58)98-65(77-104-103-57(3)112(77)87)48-73(115)94-60-17-19-64(20-18-60)130-44-43-128-40-39-126-36-35-124-32-31-123-33-34-125-37-38-127-41-42-129-54-74(116)89-23-11-28-105(4)29-12-24-91-81(117)66-46-62(50-107(66)6)96-85(121)79-101-69(52-110(79)9)99-72(114)22-26-93-83(119)68-47-63(51-109(68)8)97-86(122)80-102-70(53-111(80)10)100-71(113)21-25-92-82(118)67-45-61(49-108(67)7)95-84(120)78-90-27-30-106(78)5/h13-20,27,30,45-47,49-53,65H,11-12,21-26,28-29,31-44,48,54H2,1-10H3,(H,89,116)(H,91,117)(H,92,118)(H,93,119)(H,94,115)(H,95,120)(H,96,121)(H,97,122)(H,99,114)(H,100,113)/t65-/m0/s1. The van der Waals surface area contributed by atoms with Gasteiger partial charge in [0, 0.05) is 151 Å². The molecule has 0 bridgehead atoms. The van der Waals surface area contributed by atoms with Crippen molar-refractivity contribution >= 4 is 122 Å². The highest BCUT2D eigenvalue weighted by molar-refractivity contribution is 7.15. The molecule has 0 fully saturated rings. The average molecular weight is 1850 g/mol. The van der Waals surface area contributed by atoms with Crippen LogP contribution in [-0.2, 0) is 94.6 Å². The van der Waals surface area contributed by atoms with Gasteiger partial charge in [0.1, 0.15) is 52.9 Å². The lowest BCUT2D eigenvalue weighted by molar-refractivity contribution is -0.126. The van der Waals surface area contributed by atoms with Crippen LogP contribution in [0.1, 0.15) is 135 Å². The Bertz CT molecular complexity index is 5630. The molecule has 44 heteroatoms. The van der Waals surface area contributed by atoms with Crippen molar-refractivity contribution in [3.63, 3.8) is 0 Å². The summed E-state index contributed by atoms with van der Waals surface area (Å²) in [7, 11) is 11.7. The predicted octanol–water partition coefficient (Wildman–Crippen LogP) is 6.07. The van der Waals surface area contributed by atoms with Crippen molar-refractivity contribution in [1.29, 1.82) is 0 Å². The van der Waals surface area contributed by atoms with Gasteiger partial charge in [-0.15, -0.1) is 21.5 Å². The van der Waals surface area contributed by atoms with Gasteiger partial charge in [0.05, 0.1) is 115 Å². The van der Waals surface area contributed by atoms with Crippen molar-refractivity contribution in [2.45, 2.75) is 58.9 Å². The second-order valence-electron chi connectivity index (χ2n) is 30.5. The topological polar surface area (TPSA) is 479 Å². The van der Waals surface area contributed by atoms with E-state index in [2.05, 4.69) is 97.1 Å². The van der Waals surface area contributed by atoms with Crippen LogP contribution in [0, 0.1) is 20.8 Å². The Morgan fingerprint density at radius 1 is 0.458 bits per heavy atom. The zero-order chi connectivity index (χ0) is 93.5. The Hall–Kier alpha value is -13.1. The molecule has 700 valence electrons. The third-order valence-corrected chi connectivity index (χ3v) is 21.8. The smallest absolute Gasteiger partial charge is 0.291 e. The summed E-state index contributed by atoms with van der Waals surface area (Å²) in [6, 6.07) is 18.6. The second kappa shape index (κ2) is 49.1. The molecule has 10 N–H and O–H groups in total. The van der Waals surface area contributed by atoms with Gasteiger partial charge in [0.15, 0.2) is 23.3 Å². The monoisotopic (exact) mass is 1850 g/mol. The number of aryl methyl sites for hydroxylation is 8. The van der Waals surface area contributed by atoms with E-state index in [0.717, 1.165) is 38.1 Å². The van der Waals surface area contributed by atoms with Crippen LogP contribution in [0.25, 0.3) is 5.00 Å². The van der Waals surface area contributed by atoms with Gasteiger partial charge in [-0.3, -0.25) is 57.5 Å². The minimum absolute atomic E-state index is 0.0327. The van der Waals surface area contributed by atoms with E-state index >= 15 is 0 Å². The summed E-state index contributed by atoms with van der Waals surface area (Å²) in [5, 5.41) is 38.0. The fraction of sp³-hybridized carbons (Fsp3) is 0.425. The van der Waals surface area contributed by atoms with Crippen LogP contribution < -0.4 is 57.9 Å². The normalized spacial score (nSPS) is 12.2. The van der Waals surface area contributed by atoms with Gasteiger partial charge in [-0.25, -0.2) is 15.0 Å². The average Bonchev–Trinajstić information content (AvgIpc) is 1.59. The maximum atomic E-state index is 13.6. The highest BCUT2D eigenvalue weighted by Gasteiger charge is 2.33. The zero-order valence-corrected chi connectivity index (χ0v) is 76.3. The molecule has 0 unspecified atom stereocenters. The van der Waals surface area contributed by atoms with Crippen molar-refractivity contribution < 1.29 is 85.8 Å². The molecule has 0 saturated carbocycles. The largest absolute Gasteiger partial charge is 0.491 e. The molecule has 8 aromatic heterocycles. The van der Waals surface area contributed by atoms with Gasteiger partial charge in [-0.05, 0) is 114 Å². The van der Waals surface area contributed by atoms with Crippen LogP contribution in [0.3, 0.4) is 0 Å². The van der Waals surface area contributed by atoms with E-state index in [4.69, 9.17) is 54.5 Å². The van der Waals surface area contributed by atoms with Gasteiger partial charge >= 0.3 is 0 Å². The highest BCUT2D eigenvalue weighted by Crippen LogP contribution is 2.40. The summed E-state index contributed by atoms with van der Waals surface area (Å²) < 4.78 is 55.9. The van der Waals surface area contributed by atoms with Crippen LogP contribution in [0.2, 0.25) is 5.02 Å². The molecule has 10 amide bonds. The van der Waals surface area contributed by atoms with E-state index < -0.39 is 47.4 Å². The molecular formula is C87H111ClN24O18S. The molecule has 0 spiro atoms. The van der Waals surface area contributed by atoms with Crippen molar-refractivity contribution in [2.75, 3.05) is 177 Å². The van der Waals surface area contributed by atoms with Crippen molar-refractivity contribution in [2.24, 2.45) is 47.3 Å². The van der Waals surface area contributed by atoms with E-state index in [9.17, 15) is 47.9 Å². The number of anilines is 6. The van der Waals surface area contributed by atoms with Crippen molar-refractivity contribution in [3.8, 4) is 10.8 Å². The number of halogens is 1. The minimum Gasteiger partial charge on any atom is -0.491 e. The lowest BCUT2D eigenvalue weighted by Gasteiger charge is -2.17. The summed E-state index contributed by atoms with van der Waals surface area (Å²) in [6.45, 7) is 13.4. The number of aromatic nitrogens is 12. The molecule has 9 heterocycles. The highest BCUT2D eigenvalue weighted by atomic mass is 35.5. The number of carbonyl (C=O) groups excluding carboxylic acids is 10. The number of thiophene rings is 1. The molecule has 11 rings (SSSR count). The third-order valence-electron chi connectivity index (χ3n) is 20.4. The fourth-order valence-electron chi connectivity index (χ4n) is 13.6. The summed E-state index contributed by atoms with van der Waals surface area (Å²) in [5.74, 6) is -2.27. The molecule has 42 nitrogen and oxygen atoms in total. The molecule has 10 aromatic rings. The van der Waals surface area contributed by atoms with Crippen molar-refractivity contribution in [1.82, 2.24) is 83.3 Å². The lowest BCUT2D eigenvalue weighted by atomic mass is 9.99. The number of amides is 10. The summed E-state index contributed by atoms with van der Waals surface area (Å²) in [4.78, 5) is 151. The Kier molecular flexibility index (Phi) is 36.9. The molecule has 0 aliphatic carbocycles. The van der Waals surface area contributed by atoms with Gasteiger partial charge in [-0.2, -0.15) is 0 Å². The van der Waals surface area contributed by atoms with E-state index in [0.29, 0.717) is 164 Å². The number of hydrogen-bond acceptors (Lipinski definition) is 26. The first kappa shape index (κ1) is 98.5. The Morgan fingerprint density at radius 2 is 0.908 bits per heavy atom. The Balaban J connectivity index is 0.445. The number of nitrogens with one attached hydrogen (secondary N) is 10. The third kappa shape index (κ3) is 29.2. The first-order chi connectivity index (χ1) is 63.1. The van der Waals surface area contributed by atoms with Crippen molar-refractivity contribution in [3.05, 3.63) is 183 Å². The first-order valence-corrected chi connectivity index (χ1v) is 43.6. The van der Waals surface area contributed by atoms with Gasteiger partial charge in [0.2, 0.25) is 35.3 Å². The number of hydrogen-bond donors (Lipinski definition) is 10. The number of aliphatic imine (C=N–C) groups is 1. The summed E-state index contributed by atoms with van der Waals surface area (Å²) >= 11 is 7.92. The van der Waals surface area contributed by atoms with Gasteiger partial charge in [0.25, 0.3) is 35.4 Å². The van der Waals surface area contributed by atoms with Crippen LogP contribution in [-0.4, -0.2) is 272 Å². The minimum atomic E-state index is -0.644. The fourth-order valence-corrected chi connectivity index (χ4v) is 14.9. The zero-order valence-electron chi connectivity index (χ0n) is 74.8. The number of carbonyl (C=O) groups is 10. The van der Waals surface area contributed by atoms with Crippen LogP contribution in [0.15, 0.2) is 115 Å². The SMILES string of the molecule is Cc1sc2c(c1C)C(c1ccc(Cl)cc1)=N[C@@H](CC(=O)Nc1ccc(OCCOCCOCCOCCOCCOCCOCCOCC(=O)NCCCN(C)CCCNC(=O)c3cc(NC(=O)c4nc(NC(=O)CCNC(=O)c5cc(NC(=O)c6nc(NC(=O)CCNC(=O)c7cc(NC(=O)c8nccn8C)cn7C)cn6C)cn5C)cn4C)cn3C)cc1)c1nnc(C)n1-2. The van der Waals surface area contributed by atoms with Crippen LogP contribution in [0.5, 0.6) is 5.75 Å². The predicted molar refractivity (Wildman–Crippen MR) is 487 cm³/mol. The molecule has 1 aliphatic heterocycles. The van der Waals surface area contributed by atoms with Gasteiger partial charge < -0.3 is 123 Å². The molecule has 1 aliphatic rings. The molecule has 131 heavy (non-hydrogen) atoms. The van der Waals surface area contributed by atoms with E-state index in [-0.39, 0.29) is 109 Å². The summed E-state index contributed by atoms with van der Waals surface area (Å²) in [5.41, 5.74) is 6.09. The summed E-state index contributed by atoms with van der Waals surface area (Å²) in [6.07, 6.45) is 11.8. The molecule has 1 atom stereocenters. The lowest BCUT2D eigenvalue weighted by Crippen LogP contribution is -2.32. The molecule has 2 aromatic carbocycles. The Morgan fingerprint density at radius 3 is 1.38 bits per heavy atom. The number of ether oxygens (including phenoxy) is 8. The molecule has 0 radical (unpaired) electrons. The molecular weight excluding hydrogens is 1740 g/mol. The van der Waals surface area contributed by atoms with Crippen LogP contribution in [0.4, 0.5) is 34.4 Å². The quantitative estimate of drug-likeness (QED) is 0.0193. The number of imidazole rings is 3. The van der Waals surface area contributed by atoms with Gasteiger partial charge in [-0.1, -0.05) is 23.7 Å². The number of fused-ring (bicyclic) bond motifs is 3.